The van der Waals surface area contributed by atoms with Gasteiger partial charge in [0.1, 0.15) is 0 Å². The van der Waals surface area contributed by atoms with Gasteiger partial charge in [0, 0.05) is 13.0 Å². The molecule has 0 bridgehead atoms. The van der Waals surface area contributed by atoms with Gasteiger partial charge in [-0.05, 0) is 23.2 Å². The second kappa shape index (κ2) is 4.70. The van der Waals surface area contributed by atoms with E-state index in [2.05, 4.69) is 24.3 Å². The summed E-state index contributed by atoms with van der Waals surface area (Å²) >= 11 is 0. The monoisotopic (exact) mass is 233 g/mol. The number of hydrogen-bond donors (Lipinski definition) is 0. The fourth-order valence-electron chi connectivity index (χ4n) is 2.27. The minimum atomic E-state index is -0.728. The summed E-state index contributed by atoms with van der Waals surface area (Å²) in [5, 5.41) is 1.49. The lowest BCUT2D eigenvalue weighted by atomic mass is 10.1. The van der Waals surface area contributed by atoms with Crippen LogP contribution in [0.1, 0.15) is 18.4 Å². The first kappa shape index (κ1) is 10.5. The summed E-state index contributed by atoms with van der Waals surface area (Å²) in [6, 6.07) is 10.0. The van der Waals surface area contributed by atoms with E-state index in [1.807, 2.05) is 0 Å². The second-order valence-electron chi connectivity index (χ2n) is 4.55. The van der Waals surface area contributed by atoms with E-state index in [0.717, 1.165) is 19.6 Å². The van der Waals surface area contributed by atoms with Crippen molar-refractivity contribution < 1.29 is 9.16 Å². The van der Waals surface area contributed by atoms with Crippen LogP contribution in [0.4, 0.5) is 0 Å². The summed E-state index contributed by atoms with van der Waals surface area (Å²) in [6.07, 6.45) is 4.13. The Morgan fingerprint density at radius 1 is 1.25 bits per heavy atom. The molecule has 3 rings (SSSR count). The highest BCUT2D eigenvalue weighted by Crippen LogP contribution is 2.18. The van der Waals surface area contributed by atoms with Crippen LogP contribution in [0.3, 0.4) is 0 Å². The lowest BCUT2D eigenvalue weighted by Gasteiger charge is -2.22. The third-order valence-corrected chi connectivity index (χ3v) is 5.69. The van der Waals surface area contributed by atoms with E-state index >= 15 is 0 Å². The van der Waals surface area contributed by atoms with Gasteiger partial charge in [0.2, 0.25) is 9.04 Å². The summed E-state index contributed by atoms with van der Waals surface area (Å²) < 4.78 is 11.3. The Kier molecular flexibility index (Phi) is 3.08. The molecule has 0 spiro atoms. The molecule has 85 valence electrons. The van der Waals surface area contributed by atoms with Gasteiger partial charge in [0.15, 0.2) is 0 Å². The van der Waals surface area contributed by atoms with Crippen molar-refractivity contribution in [2.24, 2.45) is 0 Å². The Bertz CT molecular complexity index is 357. The van der Waals surface area contributed by atoms with Gasteiger partial charge < -0.3 is 9.16 Å². The van der Waals surface area contributed by atoms with Crippen LogP contribution in [0.15, 0.2) is 24.3 Å². The first-order valence-corrected chi connectivity index (χ1v) is 7.73. The minimum Gasteiger partial charge on any atom is -0.412 e. The fourth-order valence-corrected chi connectivity index (χ4v) is 4.63. The minimum absolute atomic E-state index is 0.479. The maximum Gasteiger partial charge on any atom is 0.246 e. The maximum absolute atomic E-state index is 5.97. The van der Waals surface area contributed by atoms with E-state index in [-0.39, 0.29) is 0 Å². The van der Waals surface area contributed by atoms with Crippen molar-refractivity contribution in [3.63, 3.8) is 0 Å². The Morgan fingerprint density at radius 3 is 2.88 bits per heavy atom. The first-order chi connectivity index (χ1) is 7.93. The van der Waals surface area contributed by atoms with E-state index in [1.54, 1.807) is 0 Å². The third-order valence-electron chi connectivity index (χ3n) is 3.24. The summed E-state index contributed by atoms with van der Waals surface area (Å²) in [6.45, 7) is 1.90. The van der Waals surface area contributed by atoms with Crippen LogP contribution in [-0.2, 0) is 15.6 Å². The van der Waals surface area contributed by atoms with E-state index in [4.69, 9.17) is 9.16 Å². The molecule has 0 aliphatic carbocycles. The van der Waals surface area contributed by atoms with Crippen LogP contribution in [0.25, 0.3) is 0 Å². The molecule has 2 heterocycles. The van der Waals surface area contributed by atoms with Crippen molar-refractivity contribution in [3.8, 4) is 0 Å². The number of epoxide rings is 1. The number of rotatable bonds is 3. The van der Waals surface area contributed by atoms with Crippen LogP contribution in [0.5, 0.6) is 0 Å². The van der Waals surface area contributed by atoms with Gasteiger partial charge in [0.25, 0.3) is 0 Å². The average Bonchev–Trinajstić information content (AvgIpc) is 3.15. The molecule has 2 aliphatic rings. The van der Waals surface area contributed by atoms with Crippen molar-refractivity contribution in [2.45, 2.75) is 31.4 Å². The highest BCUT2D eigenvalue weighted by Gasteiger charge is 2.27. The number of benzene rings is 1. The second-order valence-corrected chi connectivity index (χ2v) is 6.72. The highest BCUT2D eigenvalue weighted by molar-refractivity contribution is 6.68. The molecule has 1 aromatic rings. The molecule has 1 radical (unpaired) electrons. The highest BCUT2D eigenvalue weighted by atomic mass is 28.3. The maximum atomic E-state index is 5.97. The van der Waals surface area contributed by atoms with Gasteiger partial charge in [-0.3, -0.25) is 0 Å². The molecule has 0 amide bonds. The summed E-state index contributed by atoms with van der Waals surface area (Å²) in [5.41, 5.74) is 1.46. The Labute approximate surface area is 98.3 Å². The van der Waals surface area contributed by atoms with Crippen molar-refractivity contribution in [1.29, 1.82) is 0 Å². The summed E-state index contributed by atoms with van der Waals surface area (Å²) in [7, 11) is -0.728. The zero-order valence-corrected chi connectivity index (χ0v) is 10.4. The third kappa shape index (κ3) is 2.37. The fraction of sp³-hybridized carbons (Fsp3) is 0.538. The lowest BCUT2D eigenvalue weighted by Crippen LogP contribution is -2.38. The van der Waals surface area contributed by atoms with E-state index in [1.165, 1.54) is 29.6 Å². The summed E-state index contributed by atoms with van der Waals surface area (Å²) in [5.74, 6) is 0. The molecule has 0 saturated carbocycles. The van der Waals surface area contributed by atoms with E-state index < -0.39 is 9.04 Å². The van der Waals surface area contributed by atoms with Crippen molar-refractivity contribution in [3.05, 3.63) is 29.8 Å². The molecule has 2 saturated heterocycles. The van der Waals surface area contributed by atoms with Gasteiger partial charge in [-0.2, -0.15) is 0 Å². The summed E-state index contributed by atoms with van der Waals surface area (Å²) in [4.78, 5) is 0. The predicted molar refractivity (Wildman–Crippen MR) is 65.3 cm³/mol. The largest absolute Gasteiger partial charge is 0.412 e. The van der Waals surface area contributed by atoms with Gasteiger partial charge in [-0.25, -0.2) is 0 Å². The van der Waals surface area contributed by atoms with E-state index in [0.29, 0.717) is 6.10 Å². The first-order valence-electron chi connectivity index (χ1n) is 6.12. The molecule has 1 aromatic carbocycles. The molecular weight excluding hydrogens is 216 g/mol. The van der Waals surface area contributed by atoms with Crippen LogP contribution in [0, 0.1) is 0 Å². The Hall–Kier alpha value is -0.643. The van der Waals surface area contributed by atoms with Crippen LogP contribution < -0.4 is 5.19 Å². The topological polar surface area (TPSA) is 21.8 Å². The van der Waals surface area contributed by atoms with Crippen molar-refractivity contribution in [2.75, 3.05) is 13.2 Å². The molecule has 0 N–H and O–H groups in total. The molecule has 2 nitrogen and oxygen atoms in total. The van der Waals surface area contributed by atoms with Gasteiger partial charge in [0.05, 0.1) is 12.7 Å². The molecular formula is C13H17O2Si. The van der Waals surface area contributed by atoms with Crippen LogP contribution >= 0.6 is 0 Å². The SMILES string of the molecule is c1ccc([Si]2CCCCO2)c(CC2CO2)c1. The molecule has 3 heteroatoms. The smallest absolute Gasteiger partial charge is 0.246 e. The average molecular weight is 233 g/mol. The standard InChI is InChI=1S/C13H17O2Si/c1-2-6-13(16-8-4-3-7-15-16)11(5-1)9-12-10-14-12/h1-2,5-6,12H,3-4,7-10H2. The Morgan fingerprint density at radius 2 is 2.12 bits per heavy atom. The quantitative estimate of drug-likeness (QED) is 0.585. The van der Waals surface area contributed by atoms with Crippen LogP contribution in [0.2, 0.25) is 6.04 Å². The molecule has 1 unspecified atom stereocenters. The predicted octanol–water partition coefficient (Wildman–Crippen LogP) is 1.64. The number of ether oxygens (including phenoxy) is 1. The molecule has 2 fully saturated rings. The lowest BCUT2D eigenvalue weighted by molar-refractivity contribution is 0.294. The normalized spacial score (nSPS) is 25.6. The number of hydrogen-bond acceptors (Lipinski definition) is 2. The van der Waals surface area contributed by atoms with Gasteiger partial charge in [-0.1, -0.05) is 30.7 Å². The van der Waals surface area contributed by atoms with Crippen molar-refractivity contribution in [1.82, 2.24) is 0 Å². The van der Waals surface area contributed by atoms with Crippen molar-refractivity contribution >= 4 is 14.2 Å². The molecule has 2 aliphatic heterocycles. The van der Waals surface area contributed by atoms with E-state index in [9.17, 15) is 0 Å². The zero-order valence-electron chi connectivity index (χ0n) is 9.45. The van der Waals surface area contributed by atoms with Gasteiger partial charge in [-0.15, -0.1) is 0 Å². The van der Waals surface area contributed by atoms with Gasteiger partial charge >= 0.3 is 0 Å². The zero-order chi connectivity index (χ0) is 10.8. The molecule has 16 heavy (non-hydrogen) atoms. The molecule has 1 atom stereocenters. The molecule has 0 aromatic heterocycles. The van der Waals surface area contributed by atoms with Crippen LogP contribution in [-0.4, -0.2) is 28.4 Å². The Balaban J connectivity index is 1.79.